The minimum Gasteiger partial charge on any atom is -0.462 e. The fraction of sp³-hybridized carbons (Fsp3) is 0.597. The standard InChI is InChI=1S/C72H114O6/c1-4-7-10-13-16-19-22-25-27-28-29-30-31-32-33-34-35-36-37-38-39-40-41-42-43-44-46-47-50-53-56-59-62-65-71(74)77-68-69(67-76-70(73)64-61-58-55-52-49-24-21-18-15-12-9-6-3)78-72(75)66-63-60-57-54-51-48-45-26-23-20-17-14-11-8-5-2/h7-8,10-11,16-21,25-27,29-30,32-33,35-36,38-39,45,51,54,60,63,69H,4-6,9,12-15,22-24,28,31,34,37,40-44,46-50,52-53,55-59,61-62,64-68H2,1-3H3/b10-7-,11-8-,19-16-,20-17-,21-18-,27-25-,30-29-,33-32-,36-35-,39-38-,45-26-,54-51-,63-60-. The maximum atomic E-state index is 12.8. The van der Waals surface area contributed by atoms with E-state index in [0.717, 1.165) is 122 Å². The van der Waals surface area contributed by atoms with Crippen LogP contribution in [0.4, 0.5) is 0 Å². The third kappa shape index (κ3) is 61.9. The summed E-state index contributed by atoms with van der Waals surface area (Å²) in [5.41, 5.74) is 0. The third-order valence-corrected chi connectivity index (χ3v) is 12.8. The Bertz CT molecular complexity index is 1760. The van der Waals surface area contributed by atoms with Crippen molar-refractivity contribution in [3.05, 3.63) is 158 Å². The molecule has 1 unspecified atom stereocenters. The normalized spacial score (nSPS) is 13.2. The molecule has 0 rings (SSSR count). The van der Waals surface area contributed by atoms with Crippen molar-refractivity contribution in [1.82, 2.24) is 0 Å². The molecular formula is C72H114O6. The molecule has 0 radical (unpaired) electrons. The van der Waals surface area contributed by atoms with E-state index in [1.807, 2.05) is 6.08 Å². The van der Waals surface area contributed by atoms with Gasteiger partial charge >= 0.3 is 17.9 Å². The summed E-state index contributed by atoms with van der Waals surface area (Å²) in [7, 11) is 0. The van der Waals surface area contributed by atoms with Gasteiger partial charge in [-0.05, 0) is 128 Å². The first-order valence-corrected chi connectivity index (χ1v) is 31.5. The van der Waals surface area contributed by atoms with Crippen molar-refractivity contribution in [2.45, 2.75) is 264 Å². The molecule has 438 valence electrons. The molecule has 78 heavy (non-hydrogen) atoms. The summed E-state index contributed by atoms with van der Waals surface area (Å²) >= 11 is 0. The predicted molar refractivity (Wildman–Crippen MR) is 338 cm³/mol. The second-order valence-electron chi connectivity index (χ2n) is 20.2. The molecule has 0 aromatic rings. The number of hydrogen-bond acceptors (Lipinski definition) is 6. The first kappa shape index (κ1) is 73.0. The van der Waals surface area contributed by atoms with Crippen molar-refractivity contribution in [2.24, 2.45) is 0 Å². The van der Waals surface area contributed by atoms with E-state index in [2.05, 4.69) is 167 Å². The SMILES string of the molecule is CC/C=C\C/C=C\C/C=C\C/C=C\C/C=C\C/C=C\C/C=C\CCCCCCCCCCCCCC(=O)OCC(COC(=O)CCCCCCC/C=C\CCCCC)OC(=O)C/C=C\C/C=C\C/C=C\C/C=C\C/C=C\CC. The van der Waals surface area contributed by atoms with Crippen LogP contribution in [0.5, 0.6) is 0 Å². The molecule has 6 nitrogen and oxygen atoms in total. The summed E-state index contributed by atoms with van der Waals surface area (Å²) < 4.78 is 16.7. The number of unbranched alkanes of at least 4 members (excludes halogenated alkanes) is 19. The summed E-state index contributed by atoms with van der Waals surface area (Å²) in [6, 6.07) is 0. The van der Waals surface area contributed by atoms with Gasteiger partial charge in [0.2, 0.25) is 0 Å². The summed E-state index contributed by atoms with van der Waals surface area (Å²) in [4.78, 5) is 38.1. The molecule has 0 aromatic heterocycles. The number of hydrogen-bond donors (Lipinski definition) is 0. The van der Waals surface area contributed by atoms with Crippen LogP contribution < -0.4 is 0 Å². The van der Waals surface area contributed by atoms with E-state index < -0.39 is 12.1 Å². The molecule has 1 atom stereocenters. The van der Waals surface area contributed by atoms with E-state index in [0.29, 0.717) is 19.3 Å². The van der Waals surface area contributed by atoms with Crippen LogP contribution in [0, 0.1) is 0 Å². The summed E-state index contributed by atoms with van der Waals surface area (Å²) in [5.74, 6) is -1.07. The Morgan fingerprint density at radius 2 is 0.538 bits per heavy atom. The fourth-order valence-corrected chi connectivity index (χ4v) is 8.14. The van der Waals surface area contributed by atoms with Crippen molar-refractivity contribution in [1.29, 1.82) is 0 Å². The van der Waals surface area contributed by atoms with Gasteiger partial charge in [-0.25, -0.2) is 0 Å². The zero-order chi connectivity index (χ0) is 56.4. The quantitative estimate of drug-likeness (QED) is 0.0261. The maximum absolute atomic E-state index is 12.8. The monoisotopic (exact) mass is 1070 g/mol. The molecule has 0 aliphatic heterocycles. The van der Waals surface area contributed by atoms with Gasteiger partial charge in [-0.15, -0.1) is 0 Å². The van der Waals surface area contributed by atoms with Crippen molar-refractivity contribution < 1.29 is 28.6 Å². The van der Waals surface area contributed by atoms with Crippen LogP contribution in [0.3, 0.4) is 0 Å². The number of allylic oxidation sites excluding steroid dienone is 25. The van der Waals surface area contributed by atoms with Gasteiger partial charge in [0.15, 0.2) is 6.10 Å². The van der Waals surface area contributed by atoms with Crippen LogP contribution in [0.25, 0.3) is 0 Å². The van der Waals surface area contributed by atoms with E-state index in [4.69, 9.17) is 14.2 Å². The van der Waals surface area contributed by atoms with Gasteiger partial charge < -0.3 is 14.2 Å². The van der Waals surface area contributed by atoms with Crippen LogP contribution in [0.2, 0.25) is 0 Å². The topological polar surface area (TPSA) is 78.9 Å². The molecule has 0 heterocycles. The molecule has 0 spiro atoms. The van der Waals surface area contributed by atoms with Crippen molar-refractivity contribution in [2.75, 3.05) is 13.2 Å². The van der Waals surface area contributed by atoms with E-state index in [1.54, 1.807) is 6.08 Å². The molecule has 0 amide bonds. The van der Waals surface area contributed by atoms with Crippen LogP contribution >= 0.6 is 0 Å². The second-order valence-corrected chi connectivity index (χ2v) is 20.2. The van der Waals surface area contributed by atoms with Crippen LogP contribution in [-0.2, 0) is 28.6 Å². The largest absolute Gasteiger partial charge is 0.462 e. The van der Waals surface area contributed by atoms with Crippen molar-refractivity contribution in [3.63, 3.8) is 0 Å². The highest BCUT2D eigenvalue weighted by molar-refractivity contribution is 5.72. The van der Waals surface area contributed by atoms with Crippen molar-refractivity contribution in [3.8, 4) is 0 Å². The average Bonchev–Trinajstić information content (AvgIpc) is 3.44. The molecule has 0 saturated carbocycles. The van der Waals surface area contributed by atoms with E-state index >= 15 is 0 Å². The first-order valence-electron chi connectivity index (χ1n) is 31.5. The second kappa shape index (κ2) is 64.6. The highest BCUT2D eigenvalue weighted by Gasteiger charge is 2.19. The highest BCUT2D eigenvalue weighted by atomic mass is 16.6. The van der Waals surface area contributed by atoms with Crippen molar-refractivity contribution >= 4 is 17.9 Å². The molecule has 0 fully saturated rings. The molecular weight excluding hydrogens is 961 g/mol. The van der Waals surface area contributed by atoms with Crippen LogP contribution in [-0.4, -0.2) is 37.2 Å². The van der Waals surface area contributed by atoms with E-state index in [-0.39, 0.29) is 31.6 Å². The molecule has 6 heteroatoms. The maximum Gasteiger partial charge on any atom is 0.310 e. The Balaban J connectivity index is 4.29. The van der Waals surface area contributed by atoms with Gasteiger partial charge in [0, 0.05) is 12.8 Å². The molecule has 0 N–H and O–H groups in total. The lowest BCUT2D eigenvalue weighted by Gasteiger charge is -2.18. The Morgan fingerprint density at radius 1 is 0.282 bits per heavy atom. The smallest absolute Gasteiger partial charge is 0.310 e. The molecule has 0 aliphatic rings. The van der Waals surface area contributed by atoms with Gasteiger partial charge in [-0.1, -0.05) is 269 Å². The summed E-state index contributed by atoms with van der Waals surface area (Å²) in [5, 5.41) is 0. The lowest BCUT2D eigenvalue weighted by molar-refractivity contribution is -0.166. The summed E-state index contributed by atoms with van der Waals surface area (Å²) in [6.07, 6.45) is 94.3. The van der Waals surface area contributed by atoms with E-state index in [1.165, 1.54) is 89.9 Å². The molecule has 0 bridgehead atoms. The zero-order valence-electron chi connectivity index (χ0n) is 50.1. The zero-order valence-corrected chi connectivity index (χ0v) is 50.1. The number of carbonyl (C=O) groups is 3. The van der Waals surface area contributed by atoms with Gasteiger partial charge in [0.05, 0.1) is 6.42 Å². The van der Waals surface area contributed by atoms with Crippen LogP contribution in [0.15, 0.2) is 158 Å². The minimum absolute atomic E-state index is 0.0890. The number of carbonyl (C=O) groups excluding carboxylic acids is 3. The van der Waals surface area contributed by atoms with Gasteiger partial charge in [0.25, 0.3) is 0 Å². The summed E-state index contributed by atoms with van der Waals surface area (Å²) in [6.45, 7) is 6.28. The van der Waals surface area contributed by atoms with Crippen LogP contribution in [0.1, 0.15) is 258 Å². The Morgan fingerprint density at radius 3 is 0.859 bits per heavy atom. The van der Waals surface area contributed by atoms with Gasteiger partial charge in [0.1, 0.15) is 13.2 Å². The number of rotatable bonds is 55. The number of ether oxygens (including phenoxy) is 3. The molecule has 0 aliphatic carbocycles. The highest BCUT2D eigenvalue weighted by Crippen LogP contribution is 2.14. The Kier molecular flexibility index (Phi) is 60.4. The minimum atomic E-state index is -0.843. The predicted octanol–water partition coefficient (Wildman–Crippen LogP) is 21.7. The fourth-order valence-electron chi connectivity index (χ4n) is 8.14. The Labute approximate surface area is 480 Å². The van der Waals surface area contributed by atoms with Gasteiger partial charge in [-0.3, -0.25) is 14.4 Å². The van der Waals surface area contributed by atoms with Gasteiger partial charge in [-0.2, -0.15) is 0 Å². The van der Waals surface area contributed by atoms with E-state index in [9.17, 15) is 14.4 Å². The average molecular weight is 1080 g/mol. The molecule has 0 aromatic carbocycles. The number of esters is 3. The molecule has 0 saturated heterocycles. The Hall–Kier alpha value is -4.97. The first-order chi connectivity index (χ1) is 38.5. The third-order valence-electron chi connectivity index (χ3n) is 12.8. The lowest BCUT2D eigenvalue weighted by Crippen LogP contribution is -2.30. The lowest BCUT2D eigenvalue weighted by atomic mass is 10.0.